The molecule has 0 saturated heterocycles. The predicted octanol–water partition coefficient (Wildman–Crippen LogP) is 8.01. The Labute approximate surface area is 259 Å². The van der Waals surface area contributed by atoms with Gasteiger partial charge >= 0.3 is 6.18 Å². The maximum absolute atomic E-state index is 14.1. The number of hydrogen-bond donors (Lipinski definition) is 3. The van der Waals surface area contributed by atoms with Crippen LogP contribution in [-0.4, -0.2) is 32.7 Å². The Morgan fingerprint density at radius 3 is 2.39 bits per heavy atom. The standard InChI is InChI=1S/C23H25BClFN4O.C9H6F4/c1-6-9-23(24,31)30-13(3)29(5)22-18(30)11-17(27-4)20-19(22)12(2)28-21(20)15-10-14(26)7-8-16(15)25;1-2-6-3-7(9(11,12)13)5-8(10)4-6/h7-8,10-11,21,27-28,31H,2-3,6,9H2,1,4-5H3;2-5H,1H2. The van der Waals surface area contributed by atoms with E-state index in [2.05, 4.69) is 30.4 Å². The van der Waals surface area contributed by atoms with Gasteiger partial charge < -0.3 is 25.5 Å². The third kappa shape index (κ3) is 6.03. The molecule has 0 aliphatic carbocycles. The molecule has 3 aromatic rings. The van der Waals surface area contributed by atoms with E-state index in [4.69, 9.17) is 19.4 Å². The van der Waals surface area contributed by atoms with E-state index < -0.39 is 23.2 Å². The Bertz CT molecular complexity index is 1640. The molecule has 230 valence electrons. The Hall–Kier alpha value is -3.96. The number of hydrogen-bond acceptors (Lipinski definition) is 5. The van der Waals surface area contributed by atoms with Gasteiger partial charge in [0.15, 0.2) is 0 Å². The summed E-state index contributed by atoms with van der Waals surface area (Å²) in [7, 11) is 9.99. The molecule has 0 fully saturated rings. The van der Waals surface area contributed by atoms with Gasteiger partial charge in [-0.2, -0.15) is 13.2 Å². The minimum Gasteiger partial charge on any atom is -0.388 e. The molecule has 0 aromatic heterocycles. The number of fused-ring (bicyclic) bond motifs is 3. The summed E-state index contributed by atoms with van der Waals surface area (Å²) in [4.78, 5) is 3.55. The summed E-state index contributed by atoms with van der Waals surface area (Å²) in [5.41, 5.74) is 2.92. The van der Waals surface area contributed by atoms with E-state index in [1.807, 2.05) is 32.0 Å². The summed E-state index contributed by atoms with van der Waals surface area (Å²) >= 11 is 6.43. The van der Waals surface area contributed by atoms with Crippen LogP contribution in [0.15, 0.2) is 68.0 Å². The van der Waals surface area contributed by atoms with Crippen molar-refractivity contribution in [3.63, 3.8) is 0 Å². The average Bonchev–Trinajstić information content (AvgIpc) is 3.42. The molecule has 44 heavy (non-hydrogen) atoms. The fraction of sp³-hybridized carbons (Fsp3) is 0.250. The molecule has 2 atom stereocenters. The van der Waals surface area contributed by atoms with Gasteiger partial charge in [0.25, 0.3) is 0 Å². The van der Waals surface area contributed by atoms with E-state index >= 15 is 0 Å². The number of nitrogens with zero attached hydrogens (tertiary/aromatic N) is 2. The average molecular weight is 629 g/mol. The van der Waals surface area contributed by atoms with Gasteiger partial charge in [0, 0.05) is 47.2 Å². The van der Waals surface area contributed by atoms with Crippen molar-refractivity contribution in [2.24, 2.45) is 0 Å². The zero-order valence-electron chi connectivity index (χ0n) is 24.4. The lowest BCUT2D eigenvalue weighted by atomic mass is 9.84. The summed E-state index contributed by atoms with van der Waals surface area (Å²) in [5.74, 6) is -0.717. The minimum atomic E-state index is -4.51. The first-order valence-corrected chi connectivity index (χ1v) is 14.0. The van der Waals surface area contributed by atoms with Crippen molar-refractivity contribution in [3.05, 3.63) is 112 Å². The molecule has 5 nitrogen and oxygen atoms in total. The molecule has 2 aliphatic rings. The predicted molar refractivity (Wildman–Crippen MR) is 169 cm³/mol. The van der Waals surface area contributed by atoms with Crippen LogP contribution < -0.4 is 20.4 Å². The highest BCUT2D eigenvalue weighted by molar-refractivity contribution is 6.31. The van der Waals surface area contributed by atoms with Gasteiger partial charge in [0.1, 0.15) is 25.3 Å². The Morgan fingerprint density at radius 2 is 1.80 bits per heavy atom. The van der Waals surface area contributed by atoms with Gasteiger partial charge in [0.05, 0.1) is 28.6 Å². The van der Waals surface area contributed by atoms with Crippen molar-refractivity contribution < 1.29 is 27.1 Å². The van der Waals surface area contributed by atoms with Gasteiger partial charge in [-0.15, -0.1) is 0 Å². The molecule has 0 spiro atoms. The summed E-state index contributed by atoms with van der Waals surface area (Å²) in [6.45, 7) is 13.6. The maximum atomic E-state index is 14.1. The first-order valence-electron chi connectivity index (χ1n) is 13.6. The molecule has 3 N–H and O–H groups in total. The summed E-state index contributed by atoms with van der Waals surface area (Å²) in [5, 5.41) is 18.1. The molecule has 2 radical (unpaired) electrons. The summed E-state index contributed by atoms with van der Waals surface area (Å²) in [6.07, 6.45) is -2.28. The molecule has 2 unspecified atom stereocenters. The monoisotopic (exact) mass is 628 g/mol. The number of nitrogens with one attached hydrogen (secondary N) is 2. The largest absolute Gasteiger partial charge is 0.416 e. The molecule has 2 heterocycles. The second-order valence-corrected chi connectivity index (χ2v) is 10.9. The van der Waals surface area contributed by atoms with E-state index in [1.165, 1.54) is 18.2 Å². The van der Waals surface area contributed by atoms with Gasteiger partial charge in [-0.3, -0.25) is 0 Å². The van der Waals surface area contributed by atoms with Crippen molar-refractivity contribution >= 4 is 48.3 Å². The van der Waals surface area contributed by atoms with Crippen LogP contribution in [0, 0.1) is 11.6 Å². The fourth-order valence-corrected chi connectivity index (χ4v) is 5.73. The Kier molecular flexibility index (Phi) is 9.14. The van der Waals surface area contributed by atoms with Crippen molar-refractivity contribution in [2.45, 2.75) is 37.6 Å². The molecule has 5 rings (SSSR count). The number of aliphatic hydroxyl groups is 1. The van der Waals surface area contributed by atoms with E-state index in [1.54, 1.807) is 11.0 Å². The van der Waals surface area contributed by atoms with Gasteiger partial charge in [-0.1, -0.05) is 50.8 Å². The third-order valence-electron chi connectivity index (χ3n) is 7.48. The van der Waals surface area contributed by atoms with E-state index in [-0.39, 0.29) is 17.4 Å². The van der Waals surface area contributed by atoms with Crippen LogP contribution in [0.5, 0.6) is 0 Å². The molecular formula is C32H31BClF5N4O. The molecule has 0 saturated carbocycles. The lowest BCUT2D eigenvalue weighted by Gasteiger charge is -2.37. The van der Waals surface area contributed by atoms with Crippen LogP contribution in [0.25, 0.3) is 11.8 Å². The van der Waals surface area contributed by atoms with Crippen LogP contribution in [0.4, 0.5) is 39.0 Å². The Balaban J connectivity index is 0.000000285. The minimum absolute atomic E-state index is 0.118. The number of benzene rings is 3. The molecular weight excluding hydrogens is 598 g/mol. The zero-order valence-corrected chi connectivity index (χ0v) is 25.2. The van der Waals surface area contributed by atoms with Gasteiger partial charge in [-0.05, 0) is 54.4 Å². The first-order chi connectivity index (χ1) is 20.5. The van der Waals surface area contributed by atoms with Crippen LogP contribution in [0.2, 0.25) is 5.02 Å². The van der Waals surface area contributed by atoms with Crippen LogP contribution in [0.3, 0.4) is 0 Å². The SMILES string of the molecule is C=Cc1cc(F)cc(C(F)(F)F)c1.[B]C(O)(CCC)N1C(=C)N(C)c2c1cc(NC)c1c2C(=C)NC1c1cc(F)ccc1Cl. The molecule has 0 amide bonds. The topological polar surface area (TPSA) is 50.8 Å². The zero-order chi connectivity index (χ0) is 32.7. The molecule has 3 aromatic carbocycles. The molecule has 12 heteroatoms. The van der Waals surface area contributed by atoms with Crippen molar-refractivity contribution in [3.8, 4) is 0 Å². The van der Waals surface area contributed by atoms with Gasteiger partial charge in [-0.25, -0.2) is 8.78 Å². The quantitative estimate of drug-likeness (QED) is 0.191. The lowest BCUT2D eigenvalue weighted by molar-refractivity contribution is -0.137. The van der Waals surface area contributed by atoms with Gasteiger partial charge in [0.2, 0.25) is 0 Å². The summed E-state index contributed by atoms with van der Waals surface area (Å²) < 4.78 is 62.9. The van der Waals surface area contributed by atoms with E-state index in [9.17, 15) is 27.1 Å². The maximum Gasteiger partial charge on any atom is 0.416 e. The van der Waals surface area contributed by atoms with Crippen LogP contribution in [0.1, 0.15) is 53.6 Å². The number of alkyl halides is 3. The second-order valence-electron chi connectivity index (χ2n) is 10.5. The first kappa shape index (κ1) is 32.9. The van der Waals surface area contributed by atoms with E-state index in [0.717, 1.165) is 40.3 Å². The van der Waals surface area contributed by atoms with Crippen molar-refractivity contribution in [1.82, 2.24) is 5.32 Å². The normalized spacial score (nSPS) is 16.9. The smallest absolute Gasteiger partial charge is 0.388 e. The van der Waals surface area contributed by atoms with E-state index in [0.29, 0.717) is 41.0 Å². The fourth-order valence-electron chi connectivity index (χ4n) is 5.51. The molecule has 0 bridgehead atoms. The highest BCUT2D eigenvalue weighted by atomic mass is 35.5. The second kappa shape index (κ2) is 12.2. The summed E-state index contributed by atoms with van der Waals surface area (Å²) in [6, 6.07) is 8.15. The highest BCUT2D eigenvalue weighted by Crippen LogP contribution is 2.55. The van der Waals surface area contributed by atoms with Crippen LogP contribution >= 0.6 is 11.6 Å². The van der Waals surface area contributed by atoms with Crippen molar-refractivity contribution in [2.75, 3.05) is 29.2 Å². The third-order valence-corrected chi connectivity index (χ3v) is 7.82. The van der Waals surface area contributed by atoms with Crippen LogP contribution in [-0.2, 0) is 6.18 Å². The van der Waals surface area contributed by atoms with Crippen molar-refractivity contribution in [1.29, 1.82) is 0 Å². The Morgan fingerprint density at radius 1 is 1.11 bits per heavy atom. The number of rotatable bonds is 6. The number of anilines is 3. The lowest BCUT2D eigenvalue weighted by Crippen LogP contribution is -2.49. The number of halogens is 6. The highest BCUT2D eigenvalue weighted by Gasteiger charge is 2.44. The molecule has 2 aliphatic heterocycles.